The SMILES string of the molecule is C1=COc2ncccc2O1.C1COCCO1. The lowest BCUT2D eigenvalue weighted by Gasteiger charge is -2.09. The Labute approximate surface area is 93.6 Å². The van der Waals surface area contributed by atoms with Gasteiger partial charge in [-0.1, -0.05) is 0 Å². The number of hydrogen-bond acceptors (Lipinski definition) is 5. The molecule has 0 unspecified atom stereocenters. The highest BCUT2D eigenvalue weighted by Crippen LogP contribution is 2.25. The summed E-state index contributed by atoms with van der Waals surface area (Å²) in [5.74, 6) is 1.18. The van der Waals surface area contributed by atoms with E-state index in [1.54, 1.807) is 18.3 Å². The minimum Gasteiger partial charge on any atom is -0.456 e. The Bertz CT molecular complexity index is 311. The number of nitrogens with zero attached hydrogens (tertiary/aromatic N) is 1. The zero-order chi connectivity index (χ0) is 11.1. The van der Waals surface area contributed by atoms with Gasteiger partial charge in [0.1, 0.15) is 12.5 Å². The smallest absolute Gasteiger partial charge is 0.262 e. The van der Waals surface area contributed by atoms with E-state index in [0.29, 0.717) is 11.6 Å². The second-order valence-electron chi connectivity index (χ2n) is 3.04. The monoisotopic (exact) mass is 223 g/mol. The first-order chi connectivity index (χ1) is 7.97. The van der Waals surface area contributed by atoms with E-state index in [-0.39, 0.29) is 0 Å². The van der Waals surface area contributed by atoms with Crippen LogP contribution in [0.3, 0.4) is 0 Å². The van der Waals surface area contributed by atoms with Crippen molar-refractivity contribution in [2.45, 2.75) is 0 Å². The molecule has 2 aliphatic rings. The van der Waals surface area contributed by atoms with Crippen molar-refractivity contribution in [3.8, 4) is 11.6 Å². The summed E-state index contributed by atoms with van der Waals surface area (Å²) in [7, 11) is 0. The Morgan fingerprint density at radius 1 is 0.938 bits per heavy atom. The van der Waals surface area contributed by atoms with Crippen LogP contribution in [0.25, 0.3) is 0 Å². The molecule has 2 aliphatic heterocycles. The summed E-state index contributed by atoms with van der Waals surface area (Å²) in [5.41, 5.74) is 0. The number of pyridine rings is 1. The third-order valence-corrected chi connectivity index (χ3v) is 1.91. The number of rotatable bonds is 0. The van der Waals surface area contributed by atoms with Gasteiger partial charge >= 0.3 is 0 Å². The van der Waals surface area contributed by atoms with Crippen molar-refractivity contribution >= 4 is 0 Å². The van der Waals surface area contributed by atoms with Gasteiger partial charge in [-0.3, -0.25) is 0 Å². The quantitative estimate of drug-likeness (QED) is 0.664. The molecule has 0 bridgehead atoms. The topological polar surface area (TPSA) is 49.8 Å². The zero-order valence-corrected chi connectivity index (χ0v) is 8.80. The Hall–Kier alpha value is -1.59. The fourth-order valence-corrected chi connectivity index (χ4v) is 1.19. The minimum atomic E-state index is 0.519. The molecule has 0 N–H and O–H groups in total. The largest absolute Gasteiger partial charge is 0.456 e. The van der Waals surface area contributed by atoms with Crippen LogP contribution in [0.15, 0.2) is 30.9 Å². The van der Waals surface area contributed by atoms with Gasteiger partial charge in [-0.25, -0.2) is 4.98 Å². The molecule has 1 fully saturated rings. The van der Waals surface area contributed by atoms with Crippen molar-refractivity contribution in [1.29, 1.82) is 0 Å². The van der Waals surface area contributed by atoms with E-state index < -0.39 is 0 Å². The second kappa shape index (κ2) is 6.09. The van der Waals surface area contributed by atoms with Crippen molar-refractivity contribution in [1.82, 2.24) is 4.98 Å². The van der Waals surface area contributed by atoms with Gasteiger partial charge in [0.25, 0.3) is 5.88 Å². The van der Waals surface area contributed by atoms with Crippen molar-refractivity contribution in [3.05, 3.63) is 30.9 Å². The number of fused-ring (bicyclic) bond motifs is 1. The molecule has 5 nitrogen and oxygen atoms in total. The number of aromatic nitrogens is 1. The van der Waals surface area contributed by atoms with Gasteiger partial charge in [0.2, 0.25) is 0 Å². The van der Waals surface area contributed by atoms with Crippen molar-refractivity contribution in [3.63, 3.8) is 0 Å². The Balaban J connectivity index is 0.000000138. The molecule has 0 amide bonds. The highest BCUT2D eigenvalue weighted by atomic mass is 16.6. The van der Waals surface area contributed by atoms with E-state index in [2.05, 4.69) is 4.98 Å². The van der Waals surface area contributed by atoms with Gasteiger partial charge < -0.3 is 18.9 Å². The third-order valence-electron chi connectivity index (χ3n) is 1.91. The summed E-state index contributed by atoms with van der Waals surface area (Å²) in [6, 6.07) is 3.59. The van der Waals surface area contributed by atoms with Gasteiger partial charge in [0, 0.05) is 6.20 Å². The highest BCUT2D eigenvalue weighted by Gasteiger charge is 2.06. The van der Waals surface area contributed by atoms with E-state index in [0.717, 1.165) is 26.4 Å². The lowest BCUT2D eigenvalue weighted by atomic mass is 10.4. The molecule has 0 atom stereocenters. The molecule has 0 aromatic carbocycles. The Morgan fingerprint density at radius 2 is 1.62 bits per heavy atom. The van der Waals surface area contributed by atoms with Crippen LogP contribution in [0.1, 0.15) is 0 Å². The average Bonchev–Trinajstić information content (AvgIpc) is 2.42. The Kier molecular flexibility index (Phi) is 4.16. The summed E-state index contributed by atoms with van der Waals surface area (Å²) >= 11 is 0. The number of hydrogen-bond donors (Lipinski definition) is 0. The summed E-state index contributed by atoms with van der Waals surface area (Å²) in [5, 5.41) is 0. The van der Waals surface area contributed by atoms with Crippen LogP contribution in [-0.4, -0.2) is 31.4 Å². The first-order valence-electron chi connectivity index (χ1n) is 5.05. The molecule has 5 heteroatoms. The van der Waals surface area contributed by atoms with Gasteiger partial charge in [0.15, 0.2) is 5.75 Å². The van der Waals surface area contributed by atoms with Gasteiger partial charge in [0.05, 0.1) is 26.4 Å². The molecule has 3 rings (SSSR count). The van der Waals surface area contributed by atoms with Gasteiger partial charge in [-0.15, -0.1) is 0 Å². The molecule has 0 aliphatic carbocycles. The normalized spacial score (nSPS) is 17.2. The van der Waals surface area contributed by atoms with E-state index in [1.807, 2.05) is 0 Å². The predicted octanol–water partition coefficient (Wildman–Crippen LogP) is 1.36. The molecule has 0 saturated carbocycles. The van der Waals surface area contributed by atoms with Crippen LogP contribution >= 0.6 is 0 Å². The summed E-state index contributed by atoms with van der Waals surface area (Å²) in [4.78, 5) is 3.92. The maximum Gasteiger partial charge on any atom is 0.262 e. The molecule has 1 aromatic heterocycles. The predicted molar refractivity (Wildman–Crippen MR) is 56.3 cm³/mol. The fourth-order valence-electron chi connectivity index (χ4n) is 1.19. The maximum atomic E-state index is 5.06. The highest BCUT2D eigenvalue weighted by molar-refractivity contribution is 5.34. The average molecular weight is 223 g/mol. The van der Waals surface area contributed by atoms with Crippen LogP contribution in [-0.2, 0) is 9.47 Å². The third kappa shape index (κ3) is 3.22. The molecular weight excluding hydrogens is 210 g/mol. The summed E-state index contributed by atoms with van der Waals surface area (Å²) in [6.45, 7) is 3.11. The van der Waals surface area contributed by atoms with Crippen LogP contribution < -0.4 is 9.47 Å². The molecule has 3 heterocycles. The zero-order valence-electron chi connectivity index (χ0n) is 8.80. The van der Waals surface area contributed by atoms with Crippen molar-refractivity contribution in [2.24, 2.45) is 0 Å². The Morgan fingerprint density at radius 3 is 2.25 bits per heavy atom. The maximum absolute atomic E-state index is 5.06. The first-order valence-corrected chi connectivity index (χ1v) is 5.05. The van der Waals surface area contributed by atoms with Crippen LogP contribution in [0.2, 0.25) is 0 Å². The van der Waals surface area contributed by atoms with E-state index in [1.165, 1.54) is 12.5 Å². The lowest BCUT2D eigenvalue weighted by Crippen LogP contribution is -2.16. The van der Waals surface area contributed by atoms with Crippen LogP contribution in [0.5, 0.6) is 11.6 Å². The summed E-state index contributed by atoms with van der Waals surface area (Å²) in [6.07, 6.45) is 4.58. The van der Waals surface area contributed by atoms with E-state index in [9.17, 15) is 0 Å². The van der Waals surface area contributed by atoms with Gasteiger partial charge in [-0.05, 0) is 12.1 Å². The molecule has 1 saturated heterocycles. The molecule has 0 radical (unpaired) electrons. The minimum absolute atomic E-state index is 0.519. The molecule has 1 aromatic rings. The first kappa shape index (κ1) is 10.9. The van der Waals surface area contributed by atoms with Crippen LogP contribution in [0.4, 0.5) is 0 Å². The molecular formula is C11H13NO4. The number of ether oxygens (including phenoxy) is 4. The van der Waals surface area contributed by atoms with E-state index >= 15 is 0 Å². The molecule has 16 heavy (non-hydrogen) atoms. The standard InChI is InChI=1S/C7H5NO2.C4H8O2/c1-2-6-7(8-3-1)10-5-4-9-6;1-2-6-4-3-5-1/h1-5H;1-4H2. The van der Waals surface area contributed by atoms with E-state index in [4.69, 9.17) is 18.9 Å². The van der Waals surface area contributed by atoms with Crippen LogP contribution in [0, 0.1) is 0 Å². The van der Waals surface area contributed by atoms with Crippen molar-refractivity contribution < 1.29 is 18.9 Å². The molecule has 86 valence electrons. The second-order valence-corrected chi connectivity index (χ2v) is 3.04. The van der Waals surface area contributed by atoms with Gasteiger partial charge in [-0.2, -0.15) is 0 Å². The molecule has 0 spiro atoms. The van der Waals surface area contributed by atoms with Crippen molar-refractivity contribution in [2.75, 3.05) is 26.4 Å². The lowest BCUT2D eigenvalue weighted by molar-refractivity contribution is -0.0334. The fraction of sp³-hybridized carbons (Fsp3) is 0.364. The summed E-state index contributed by atoms with van der Waals surface area (Å²) < 4.78 is 20.0.